The molecule has 0 atom stereocenters. The van der Waals surface area contributed by atoms with Gasteiger partial charge in [-0.25, -0.2) is 0 Å². The molecule has 1 aliphatic rings. The van der Waals surface area contributed by atoms with Crippen LogP contribution in [0.4, 0.5) is 5.69 Å². The average Bonchev–Trinajstić information content (AvgIpc) is 2.49. The van der Waals surface area contributed by atoms with Crippen molar-refractivity contribution in [1.82, 2.24) is 0 Å². The summed E-state index contributed by atoms with van der Waals surface area (Å²) in [6.07, 6.45) is -0.0933. The van der Waals surface area contributed by atoms with Crippen LogP contribution in [0.3, 0.4) is 0 Å². The number of amides is 1. The number of para-hydroxylation sites is 1. The lowest BCUT2D eigenvalue weighted by molar-refractivity contribution is -0.125. The summed E-state index contributed by atoms with van der Waals surface area (Å²) in [5.41, 5.74) is 3.46. The van der Waals surface area contributed by atoms with Crippen molar-refractivity contribution >= 4 is 17.4 Å². The maximum absolute atomic E-state index is 12.5. The molecule has 1 aliphatic heterocycles. The van der Waals surface area contributed by atoms with E-state index in [1.807, 2.05) is 48.5 Å². The van der Waals surface area contributed by atoms with Crippen LogP contribution >= 0.6 is 0 Å². The summed E-state index contributed by atoms with van der Waals surface area (Å²) < 4.78 is 0. The molecule has 3 nitrogen and oxygen atoms in total. The van der Waals surface area contributed by atoms with Crippen LogP contribution in [0.15, 0.2) is 48.5 Å². The van der Waals surface area contributed by atoms with Crippen LogP contribution in [0.1, 0.15) is 30.0 Å². The van der Waals surface area contributed by atoms with E-state index in [2.05, 4.69) is 11.8 Å². The average molecular weight is 289 g/mol. The monoisotopic (exact) mass is 289 g/mol. The Balaban J connectivity index is 2.13. The zero-order chi connectivity index (χ0) is 15.5. The Morgan fingerprint density at radius 3 is 2.41 bits per heavy atom. The van der Waals surface area contributed by atoms with Gasteiger partial charge in [0.05, 0.1) is 18.7 Å². The molecule has 2 aromatic carbocycles. The summed E-state index contributed by atoms with van der Waals surface area (Å²) in [6, 6.07) is 15.3. The van der Waals surface area contributed by atoms with E-state index in [1.54, 1.807) is 4.90 Å². The number of Topliss-reactive ketones (excluding diaryl/α,β-unsaturated/α-hetero) is 1. The van der Waals surface area contributed by atoms with Gasteiger partial charge in [0.15, 0.2) is 0 Å². The number of ketones is 1. The SMILES string of the molecule is CC(=O)CC(=O)N1Cc2ccccc2C#Cc2ccccc21. The highest BCUT2D eigenvalue weighted by Crippen LogP contribution is 2.25. The molecule has 3 heteroatoms. The number of hydrogen-bond donors (Lipinski definition) is 0. The quantitative estimate of drug-likeness (QED) is 0.629. The zero-order valence-corrected chi connectivity index (χ0v) is 12.3. The number of rotatable bonds is 2. The maximum atomic E-state index is 12.5. The zero-order valence-electron chi connectivity index (χ0n) is 12.3. The van der Waals surface area contributed by atoms with Crippen LogP contribution in [-0.4, -0.2) is 11.7 Å². The van der Waals surface area contributed by atoms with Gasteiger partial charge in [-0.1, -0.05) is 42.2 Å². The van der Waals surface area contributed by atoms with E-state index in [0.29, 0.717) is 6.54 Å². The summed E-state index contributed by atoms with van der Waals surface area (Å²) in [4.78, 5) is 25.5. The van der Waals surface area contributed by atoms with Gasteiger partial charge >= 0.3 is 0 Å². The summed E-state index contributed by atoms with van der Waals surface area (Å²) in [5, 5.41) is 0. The molecule has 108 valence electrons. The fourth-order valence-electron chi connectivity index (χ4n) is 2.52. The first-order valence-corrected chi connectivity index (χ1v) is 7.14. The fourth-order valence-corrected chi connectivity index (χ4v) is 2.52. The van der Waals surface area contributed by atoms with Crippen LogP contribution in [0.2, 0.25) is 0 Å². The molecule has 2 aromatic rings. The third-order valence-corrected chi connectivity index (χ3v) is 3.57. The van der Waals surface area contributed by atoms with E-state index in [1.165, 1.54) is 6.92 Å². The van der Waals surface area contributed by atoms with Crippen LogP contribution in [0.5, 0.6) is 0 Å². The molecule has 3 rings (SSSR count). The summed E-state index contributed by atoms with van der Waals surface area (Å²) in [5.74, 6) is 5.97. The molecule has 0 spiro atoms. The second-order valence-corrected chi connectivity index (χ2v) is 5.28. The van der Waals surface area contributed by atoms with Gasteiger partial charge in [-0.3, -0.25) is 9.59 Å². The highest BCUT2D eigenvalue weighted by molar-refractivity contribution is 6.05. The Labute approximate surface area is 129 Å². The smallest absolute Gasteiger partial charge is 0.234 e. The van der Waals surface area contributed by atoms with Crippen molar-refractivity contribution in [2.75, 3.05) is 4.90 Å². The summed E-state index contributed by atoms with van der Waals surface area (Å²) in [6.45, 7) is 1.86. The number of hydrogen-bond acceptors (Lipinski definition) is 2. The molecule has 0 N–H and O–H groups in total. The van der Waals surface area contributed by atoms with E-state index in [0.717, 1.165) is 22.4 Å². The third-order valence-electron chi connectivity index (χ3n) is 3.57. The Bertz CT molecular complexity index is 811. The summed E-state index contributed by atoms with van der Waals surface area (Å²) >= 11 is 0. The van der Waals surface area contributed by atoms with E-state index in [-0.39, 0.29) is 18.1 Å². The molecular weight excluding hydrogens is 274 g/mol. The molecule has 22 heavy (non-hydrogen) atoms. The van der Waals surface area contributed by atoms with Gasteiger partial charge in [0, 0.05) is 11.1 Å². The highest BCUT2D eigenvalue weighted by Gasteiger charge is 2.21. The van der Waals surface area contributed by atoms with Crippen molar-refractivity contribution in [3.63, 3.8) is 0 Å². The van der Waals surface area contributed by atoms with Crippen molar-refractivity contribution in [2.24, 2.45) is 0 Å². The predicted molar refractivity (Wildman–Crippen MR) is 85.4 cm³/mol. The second kappa shape index (κ2) is 5.87. The van der Waals surface area contributed by atoms with Crippen molar-refractivity contribution in [3.05, 3.63) is 65.2 Å². The van der Waals surface area contributed by atoms with Gasteiger partial charge in [0.1, 0.15) is 5.78 Å². The first kappa shape index (κ1) is 14.1. The van der Waals surface area contributed by atoms with Crippen LogP contribution in [0, 0.1) is 11.8 Å². The lowest BCUT2D eigenvalue weighted by atomic mass is 10.0. The molecule has 0 unspecified atom stereocenters. The Kier molecular flexibility index (Phi) is 3.76. The Morgan fingerprint density at radius 1 is 1.00 bits per heavy atom. The number of carbonyl (C=O) groups excluding carboxylic acids is 2. The van der Waals surface area contributed by atoms with E-state index in [9.17, 15) is 9.59 Å². The van der Waals surface area contributed by atoms with Crippen LogP contribution in [0.25, 0.3) is 0 Å². The minimum atomic E-state index is -0.196. The Hall–Kier alpha value is -2.86. The molecule has 0 aliphatic carbocycles. The fraction of sp³-hybridized carbons (Fsp3) is 0.158. The molecule has 1 heterocycles. The normalized spacial score (nSPS) is 12.1. The lowest BCUT2D eigenvalue weighted by Crippen LogP contribution is -2.32. The molecule has 0 bridgehead atoms. The van der Waals surface area contributed by atoms with Crippen LogP contribution < -0.4 is 4.90 Å². The summed E-state index contributed by atoms with van der Waals surface area (Å²) in [7, 11) is 0. The molecular formula is C19H15NO2. The van der Waals surface area contributed by atoms with Gasteiger partial charge in [-0.2, -0.15) is 0 Å². The van der Waals surface area contributed by atoms with Gasteiger partial charge in [0.25, 0.3) is 0 Å². The van der Waals surface area contributed by atoms with Crippen LogP contribution in [-0.2, 0) is 16.1 Å². The molecule has 0 fully saturated rings. The molecule has 0 saturated heterocycles. The minimum absolute atomic E-state index is 0.0933. The third kappa shape index (κ3) is 2.77. The van der Waals surface area contributed by atoms with Crippen molar-refractivity contribution in [1.29, 1.82) is 0 Å². The lowest BCUT2D eigenvalue weighted by Gasteiger charge is -2.25. The van der Waals surface area contributed by atoms with Gasteiger partial charge < -0.3 is 4.90 Å². The van der Waals surface area contributed by atoms with Gasteiger partial charge in [-0.05, 0) is 30.7 Å². The minimum Gasteiger partial charge on any atom is -0.306 e. The van der Waals surface area contributed by atoms with Gasteiger partial charge in [-0.15, -0.1) is 0 Å². The number of anilines is 1. The van der Waals surface area contributed by atoms with E-state index in [4.69, 9.17) is 0 Å². The van der Waals surface area contributed by atoms with E-state index < -0.39 is 0 Å². The number of nitrogens with zero attached hydrogens (tertiary/aromatic N) is 1. The first-order chi connectivity index (χ1) is 10.6. The Morgan fingerprint density at radius 2 is 1.64 bits per heavy atom. The van der Waals surface area contributed by atoms with Crippen molar-refractivity contribution in [3.8, 4) is 11.8 Å². The molecule has 0 saturated carbocycles. The number of fused-ring (bicyclic) bond motifs is 2. The predicted octanol–water partition coefficient (Wildman–Crippen LogP) is 2.91. The standard InChI is InChI=1S/C19H15NO2/c1-14(21)12-19(22)20-13-17-8-3-2-6-15(17)10-11-16-7-4-5-9-18(16)20/h2-9H,12-13H2,1H3. The highest BCUT2D eigenvalue weighted by atomic mass is 16.2. The maximum Gasteiger partial charge on any atom is 0.234 e. The van der Waals surface area contributed by atoms with Gasteiger partial charge in [0.2, 0.25) is 5.91 Å². The van der Waals surface area contributed by atoms with Crippen molar-refractivity contribution < 1.29 is 9.59 Å². The number of carbonyl (C=O) groups is 2. The second-order valence-electron chi connectivity index (χ2n) is 5.28. The first-order valence-electron chi connectivity index (χ1n) is 7.14. The number of benzene rings is 2. The molecule has 0 radical (unpaired) electrons. The largest absolute Gasteiger partial charge is 0.306 e. The topological polar surface area (TPSA) is 37.4 Å². The molecule has 1 amide bonds. The molecule has 0 aromatic heterocycles. The van der Waals surface area contributed by atoms with Crippen molar-refractivity contribution in [2.45, 2.75) is 19.9 Å². The van der Waals surface area contributed by atoms with E-state index >= 15 is 0 Å².